The van der Waals surface area contributed by atoms with Gasteiger partial charge in [0.25, 0.3) is 5.91 Å². The Labute approximate surface area is 133 Å². The SMILES string of the molecule is Cc1nn(C)c(C)c1C(=O)NC(C)(CBr)c1ccccc1. The predicted molar refractivity (Wildman–Crippen MR) is 87.7 cm³/mol. The summed E-state index contributed by atoms with van der Waals surface area (Å²) in [5, 5.41) is 8.07. The molecular formula is C16H20BrN3O. The Balaban J connectivity index is 2.33. The van der Waals surface area contributed by atoms with Gasteiger partial charge in [0.2, 0.25) is 0 Å². The van der Waals surface area contributed by atoms with Crippen molar-refractivity contribution in [3.05, 3.63) is 52.8 Å². The van der Waals surface area contributed by atoms with Crippen LogP contribution < -0.4 is 5.32 Å². The number of halogens is 1. The van der Waals surface area contributed by atoms with Crippen molar-refractivity contribution in [2.45, 2.75) is 26.3 Å². The number of aryl methyl sites for hydroxylation is 2. The summed E-state index contributed by atoms with van der Waals surface area (Å²) in [5.41, 5.74) is 2.87. The molecule has 5 heteroatoms. The van der Waals surface area contributed by atoms with E-state index in [-0.39, 0.29) is 5.91 Å². The second-order valence-corrected chi connectivity index (χ2v) is 6.02. The molecule has 4 nitrogen and oxygen atoms in total. The van der Waals surface area contributed by atoms with Gasteiger partial charge in [0.15, 0.2) is 0 Å². The second-order valence-electron chi connectivity index (χ2n) is 5.46. The molecule has 1 amide bonds. The number of carbonyl (C=O) groups excluding carboxylic acids is 1. The lowest BCUT2D eigenvalue weighted by molar-refractivity contribution is 0.0913. The number of benzene rings is 1. The molecule has 1 aromatic carbocycles. The standard InChI is InChI=1S/C16H20BrN3O/c1-11-14(12(2)20(4)19-11)15(21)18-16(3,10-17)13-8-6-5-7-9-13/h5-9H,10H2,1-4H3,(H,18,21). The number of rotatable bonds is 4. The molecular weight excluding hydrogens is 330 g/mol. The highest BCUT2D eigenvalue weighted by Gasteiger charge is 2.29. The Morgan fingerprint density at radius 3 is 2.43 bits per heavy atom. The fourth-order valence-corrected chi connectivity index (χ4v) is 2.87. The minimum atomic E-state index is -0.465. The van der Waals surface area contributed by atoms with Gasteiger partial charge in [0.05, 0.1) is 16.8 Å². The molecule has 1 heterocycles. The fourth-order valence-electron chi connectivity index (χ4n) is 2.40. The van der Waals surface area contributed by atoms with Gasteiger partial charge in [-0.1, -0.05) is 46.3 Å². The zero-order chi connectivity index (χ0) is 15.6. The Kier molecular flexibility index (Phi) is 4.52. The van der Waals surface area contributed by atoms with E-state index in [1.807, 2.05) is 58.2 Å². The molecule has 1 N–H and O–H groups in total. The molecule has 112 valence electrons. The van der Waals surface area contributed by atoms with E-state index in [9.17, 15) is 4.79 Å². The molecule has 2 aromatic rings. The van der Waals surface area contributed by atoms with E-state index in [1.54, 1.807) is 4.68 Å². The normalized spacial score (nSPS) is 13.8. The highest BCUT2D eigenvalue weighted by atomic mass is 79.9. The Hall–Kier alpha value is -1.62. The lowest BCUT2D eigenvalue weighted by Gasteiger charge is -2.29. The third-order valence-corrected chi connectivity index (χ3v) is 4.93. The quantitative estimate of drug-likeness (QED) is 0.862. The first-order chi connectivity index (χ1) is 9.89. The third kappa shape index (κ3) is 3.02. The first-order valence-electron chi connectivity index (χ1n) is 6.83. The third-order valence-electron chi connectivity index (χ3n) is 3.80. The average Bonchev–Trinajstić information content (AvgIpc) is 2.73. The summed E-state index contributed by atoms with van der Waals surface area (Å²) in [6.45, 7) is 5.77. The van der Waals surface area contributed by atoms with Crippen LogP contribution in [0.25, 0.3) is 0 Å². The van der Waals surface area contributed by atoms with E-state index in [0.29, 0.717) is 10.9 Å². The van der Waals surface area contributed by atoms with Crippen LogP contribution in [0.5, 0.6) is 0 Å². The van der Waals surface area contributed by atoms with Gasteiger partial charge in [-0.15, -0.1) is 0 Å². The van der Waals surface area contributed by atoms with Crippen molar-refractivity contribution in [3.63, 3.8) is 0 Å². The van der Waals surface area contributed by atoms with E-state index >= 15 is 0 Å². The lowest BCUT2D eigenvalue weighted by atomic mass is 9.93. The second kappa shape index (κ2) is 6.02. The van der Waals surface area contributed by atoms with Crippen LogP contribution in [0.1, 0.15) is 34.2 Å². The predicted octanol–water partition coefficient (Wildman–Crippen LogP) is 3.08. The van der Waals surface area contributed by atoms with Crippen LogP contribution in [0, 0.1) is 13.8 Å². The molecule has 1 atom stereocenters. The van der Waals surface area contributed by atoms with E-state index in [1.165, 1.54) is 0 Å². The van der Waals surface area contributed by atoms with E-state index in [2.05, 4.69) is 26.3 Å². The van der Waals surface area contributed by atoms with Gasteiger partial charge in [0.1, 0.15) is 0 Å². The van der Waals surface area contributed by atoms with Crippen LogP contribution in [0.4, 0.5) is 0 Å². The lowest BCUT2D eigenvalue weighted by Crippen LogP contribution is -2.45. The van der Waals surface area contributed by atoms with Gasteiger partial charge in [-0.25, -0.2) is 0 Å². The molecule has 0 spiro atoms. The van der Waals surface area contributed by atoms with Gasteiger partial charge < -0.3 is 5.32 Å². The van der Waals surface area contributed by atoms with E-state index in [4.69, 9.17) is 0 Å². The number of nitrogens with one attached hydrogen (secondary N) is 1. The molecule has 0 aliphatic heterocycles. The minimum absolute atomic E-state index is 0.0936. The van der Waals surface area contributed by atoms with Crippen LogP contribution >= 0.6 is 15.9 Å². The average molecular weight is 350 g/mol. The molecule has 0 saturated carbocycles. The molecule has 0 fully saturated rings. The smallest absolute Gasteiger partial charge is 0.255 e. The molecule has 0 radical (unpaired) electrons. The molecule has 0 aliphatic rings. The van der Waals surface area contributed by atoms with E-state index < -0.39 is 5.54 Å². The van der Waals surface area contributed by atoms with Crippen LogP contribution in [-0.2, 0) is 12.6 Å². The molecule has 0 aliphatic carbocycles. The maximum absolute atomic E-state index is 12.7. The number of hydrogen-bond donors (Lipinski definition) is 1. The maximum atomic E-state index is 12.7. The van der Waals surface area contributed by atoms with Crippen molar-refractivity contribution in [1.29, 1.82) is 0 Å². The summed E-state index contributed by atoms with van der Waals surface area (Å²) in [7, 11) is 1.85. The minimum Gasteiger partial charge on any atom is -0.342 e. The maximum Gasteiger partial charge on any atom is 0.255 e. The van der Waals surface area contributed by atoms with Gasteiger partial charge in [-0.3, -0.25) is 9.48 Å². The molecule has 1 unspecified atom stereocenters. The van der Waals surface area contributed by atoms with Gasteiger partial charge in [-0.05, 0) is 26.3 Å². The van der Waals surface area contributed by atoms with Crippen molar-refractivity contribution in [2.75, 3.05) is 5.33 Å². The number of hydrogen-bond acceptors (Lipinski definition) is 2. The monoisotopic (exact) mass is 349 g/mol. The zero-order valence-corrected chi connectivity index (χ0v) is 14.4. The van der Waals surface area contributed by atoms with Crippen molar-refractivity contribution in [1.82, 2.24) is 15.1 Å². The number of aromatic nitrogens is 2. The first-order valence-corrected chi connectivity index (χ1v) is 7.95. The summed E-state index contributed by atoms with van der Waals surface area (Å²) < 4.78 is 1.73. The summed E-state index contributed by atoms with van der Waals surface area (Å²) in [6.07, 6.45) is 0. The summed E-state index contributed by atoms with van der Waals surface area (Å²) in [6, 6.07) is 9.95. The molecule has 1 aromatic heterocycles. The van der Waals surface area contributed by atoms with Crippen LogP contribution in [0.3, 0.4) is 0 Å². The van der Waals surface area contributed by atoms with Gasteiger partial charge in [-0.2, -0.15) is 5.10 Å². The number of amides is 1. The van der Waals surface area contributed by atoms with Crippen LogP contribution in [0.2, 0.25) is 0 Å². The fraction of sp³-hybridized carbons (Fsp3) is 0.375. The molecule has 21 heavy (non-hydrogen) atoms. The highest BCUT2D eigenvalue weighted by molar-refractivity contribution is 9.09. The highest BCUT2D eigenvalue weighted by Crippen LogP contribution is 2.24. The van der Waals surface area contributed by atoms with Crippen LogP contribution in [0.15, 0.2) is 30.3 Å². The molecule has 0 bridgehead atoms. The van der Waals surface area contributed by atoms with Crippen molar-refractivity contribution in [2.24, 2.45) is 7.05 Å². The van der Waals surface area contributed by atoms with Crippen molar-refractivity contribution in [3.8, 4) is 0 Å². The number of carbonyl (C=O) groups is 1. The summed E-state index contributed by atoms with van der Waals surface area (Å²) in [5.74, 6) is -0.0936. The Morgan fingerprint density at radius 2 is 1.95 bits per heavy atom. The molecule has 0 saturated heterocycles. The van der Waals surface area contributed by atoms with Crippen molar-refractivity contribution < 1.29 is 4.79 Å². The topological polar surface area (TPSA) is 46.9 Å². The number of nitrogens with zero attached hydrogens (tertiary/aromatic N) is 2. The molecule has 2 rings (SSSR count). The van der Waals surface area contributed by atoms with Crippen LogP contribution in [-0.4, -0.2) is 21.0 Å². The van der Waals surface area contributed by atoms with Crippen molar-refractivity contribution >= 4 is 21.8 Å². The first kappa shape index (κ1) is 15.8. The van der Waals surface area contributed by atoms with Gasteiger partial charge >= 0.3 is 0 Å². The Bertz CT molecular complexity index is 651. The largest absolute Gasteiger partial charge is 0.342 e. The Morgan fingerprint density at radius 1 is 1.33 bits per heavy atom. The zero-order valence-electron chi connectivity index (χ0n) is 12.8. The summed E-state index contributed by atoms with van der Waals surface area (Å²) in [4.78, 5) is 12.7. The summed E-state index contributed by atoms with van der Waals surface area (Å²) >= 11 is 3.52. The van der Waals surface area contributed by atoms with E-state index in [0.717, 1.165) is 17.0 Å². The number of alkyl halides is 1. The van der Waals surface area contributed by atoms with Gasteiger partial charge in [0, 0.05) is 18.1 Å².